The largest absolute Gasteiger partial charge is 0.237 e. The number of fused-ring (bicyclic) bond motifs is 1. The minimum atomic E-state index is -3.29. The van der Waals surface area contributed by atoms with E-state index in [1.807, 2.05) is 0 Å². The maximum absolute atomic E-state index is 13.6. The van der Waals surface area contributed by atoms with Gasteiger partial charge in [0.05, 0.1) is 23.2 Å². The van der Waals surface area contributed by atoms with Crippen LogP contribution in [-0.4, -0.2) is 23.4 Å². The lowest BCUT2D eigenvalue weighted by Crippen LogP contribution is -2.38. The van der Waals surface area contributed by atoms with Crippen LogP contribution in [0.4, 0.5) is 4.39 Å². The maximum Gasteiger partial charge on any atom is 0.215 e. The fourth-order valence-corrected chi connectivity index (χ4v) is 5.21. The van der Waals surface area contributed by atoms with Gasteiger partial charge in [-0.05, 0) is 49.3 Å². The zero-order valence-electron chi connectivity index (χ0n) is 14.4. The molecule has 0 spiro atoms. The number of nitrogens with one attached hydrogen (secondary N) is 1. The van der Waals surface area contributed by atoms with E-state index in [-0.39, 0.29) is 22.5 Å². The van der Waals surface area contributed by atoms with E-state index < -0.39 is 10.0 Å². The number of benzene rings is 1. The van der Waals surface area contributed by atoms with Crippen molar-refractivity contribution in [1.29, 1.82) is 0 Å². The summed E-state index contributed by atoms with van der Waals surface area (Å²) in [5.74, 6) is -0.317. The van der Waals surface area contributed by atoms with Crippen LogP contribution < -0.4 is 4.72 Å². The van der Waals surface area contributed by atoms with Crippen LogP contribution in [0.2, 0.25) is 0 Å². The summed E-state index contributed by atoms with van der Waals surface area (Å²) in [5.41, 5.74) is 2.43. The van der Waals surface area contributed by atoms with Gasteiger partial charge in [-0.15, -0.1) is 0 Å². The zero-order valence-corrected chi connectivity index (χ0v) is 15.2. The smallest absolute Gasteiger partial charge is 0.215 e. The molecule has 0 aliphatic heterocycles. The first-order chi connectivity index (χ1) is 11.8. The SMILES string of the molecule is CC1(C)Cc2c(cnn2-c2cccc(F)c2)C(NS(=O)(=O)C2CC2)C1. The summed E-state index contributed by atoms with van der Waals surface area (Å²) < 4.78 is 43.1. The van der Waals surface area contributed by atoms with E-state index in [2.05, 4.69) is 23.7 Å². The second kappa shape index (κ2) is 5.64. The molecule has 1 aromatic heterocycles. The van der Waals surface area contributed by atoms with Gasteiger partial charge >= 0.3 is 0 Å². The van der Waals surface area contributed by atoms with E-state index >= 15 is 0 Å². The van der Waals surface area contributed by atoms with Crippen LogP contribution >= 0.6 is 0 Å². The van der Waals surface area contributed by atoms with E-state index in [1.165, 1.54) is 12.1 Å². The molecule has 25 heavy (non-hydrogen) atoms. The van der Waals surface area contributed by atoms with Gasteiger partial charge in [0.2, 0.25) is 10.0 Å². The van der Waals surface area contributed by atoms with Crippen molar-refractivity contribution in [3.05, 3.63) is 47.5 Å². The summed E-state index contributed by atoms with van der Waals surface area (Å²) >= 11 is 0. The normalized spacial score (nSPS) is 22.6. The number of nitrogens with zero attached hydrogens (tertiary/aromatic N) is 2. The third-order valence-electron chi connectivity index (χ3n) is 5.00. The first kappa shape index (κ1) is 16.7. The molecule has 1 aromatic carbocycles. The minimum absolute atomic E-state index is 0.0746. The summed E-state index contributed by atoms with van der Waals surface area (Å²) in [7, 11) is -3.29. The minimum Gasteiger partial charge on any atom is -0.237 e. The van der Waals surface area contributed by atoms with Crippen molar-refractivity contribution >= 4 is 10.0 Å². The van der Waals surface area contributed by atoms with Crippen molar-refractivity contribution in [2.24, 2.45) is 5.41 Å². The number of sulfonamides is 1. The van der Waals surface area contributed by atoms with Gasteiger partial charge in [0.15, 0.2) is 0 Å². The molecule has 2 aromatic rings. The number of aromatic nitrogens is 2. The third kappa shape index (κ3) is 3.22. The van der Waals surface area contributed by atoms with Gasteiger partial charge in [-0.2, -0.15) is 5.10 Å². The Balaban J connectivity index is 1.74. The Bertz CT molecular complexity index is 916. The molecule has 1 N–H and O–H groups in total. The molecule has 134 valence electrons. The molecule has 1 saturated carbocycles. The Hall–Kier alpha value is -1.73. The van der Waals surface area contributed by atoms with Crippen LogP contribution in [0.1, 0.15) is 50.4 Å². The Morgan fingerprint density at radius 2 is 2.08 bits per heavy atom. The molecule has 2 aliphatic carbocycles. The van der Waals surface area contributed by atoms with Crippen LogP contribution in [0.15, 0.2) is 30.5 Å². The fraction of sp³-hybridized carbons (Fsp3) is 0.500. The van der Waals surface area contributed by atoms with Crippen molar-refractivity contribution in [2.45, 2.75) is 50.8 Å². The van der Waals surface area contributed by atoms with Gasteiger partial charge in [0, 0.05) is 11.3 Å². The zero-order chi connectivity index (χ0) is 17.8. The Kier molecular flexibility index (Phi) is 3.77. The van der Waals surface area contributed by atoms with Crippen LogP contribution in [0.3, 0.4) is 0 Å². The molecule has 0 bridgehead atoms. The summed E-state index contributed by atoms with van der Waals surface area (Å²) in [6.07, 6.45) is 4.68. The second-order valence-electron chi connectivity index (χ2n) is 7.90. The molecule has 1 heterocycles. The van der Waals surface area contributed by atoms with Gasteiger partial charge in [-0.25, -0.2) is 22.2 Å². The van der Waals surface area contributed by atoms with Crippen molar-refractivity contribution in [2.75, 3.05) is 0 Å². The molecule has 1 atom stereocenters. The van der Waals surface area contributed by atoms with E-state index in [1.54, 1.807) is 23.0 Å². The molecule has 4 rings (SSSR count). The number of halogens is 1. The molecule has 7 heteroatoms. The van der Waals surface area contributed by atoms with Crippen LogP contribution in [-0.2, 0) is 16.4 Å². The molecule has 0 amide bonds. The number of rotatable bonds is 4. The van der Waals surface area contributed by atoms with Crippen molar-refractivity contribution < 1.29 is 12.8 Å². The lowest BCUT2D eigenvalue weighted by molar-refractivity contribution is 0.268. The van der Waals surface area contributed by atoms with E-state index in [0.29, 0.717) is 5.69 Å². The van der Waals surface area contributed by atoms with Crippen LogP contribution in [0.25, 0.3) is 5.69 Å². The lowest BCUT2D eigenvalue weighted by Gasteiger charge is -2.35. The predicted octanol–water partition coefficient (Wildman–Crippen LogP) is 3.11. The molecular weight excluding hydrogens is 341 g/mol. The molecular formula is C18H22FN3O2S. The topological polar surface area (TPSA) is 64.0 Å². The summed E-state index contributed by atoms with van der Waals surface area (Å²) in [6.45, 7) is 4.24. The lowest BCUT2D eigenvalue weighted by atomic mass is 9.74. The number of hydrogen-bond donors (Lipinski definition) is 1. The fourth-order valence-electron chi connectivity index (χ4n) is 3.65. The van der Waals surface area contributed by atoms with E-state index in [4.69, 9.17) is 0 Å². The van der Waals surface area contributed by atoms with Gasteiger partial charge in [-0.3, -0.25) is 0 Å². The summed E-state index contributed by atoms with van der Waals surface area (Å²) in [5, 5.41) is 4.18. The van der Waals surface area contributed by atoms with Gasteiger partial charge < -0.3 is 0 Å². The molecule has 2 aliphatic rings. The average Bonchev–Trinajstić information content (AvgIpc) is 3.28. The van der Waals surface area contributed by atoms with Crippen molar-refractivity contribution in [3.8, 4) is 5.69 Å². The van der Waals surface area contributed by atoms with Crippen molar-refractivity contribution in [3.63, 3.8) is 0 Å². The summed E-state index contributed by atoms with van der Waals surface area (Å²) in [4.78, 5) is 0. The Morgan fingerprint density at radius 3 is 2.76 bits per heavy atom. The first-order valence-corrected chi connectivity index (χ1v) is 10.1. The molecule has 0 radical (unpaired) electrons. The standard InChI is InChI=1S/C18H22FN3O2S/c1-18(2)9-16(21-25(23,24)14-6-7-14)15-11-20-22(17(15)10-18)13-5-3-4-12(19)8-13/h3-5,8,11,14,16,21H,6-7,9-10H2,1-2H3. The highest BCUT2D eigenvalue weighted by atomic mass is 32.2. The summed E-state index contributed by atoms with van der Waals surface area (Å²) in [6, 6.07) is 6.02. The highest BCUT2D eigenvalue weighted by Crippen LogP contribution is 2.42. The van der Waals surface area contributed by atoms with E-state index in [9.17, 15) is 12.8 Å². The quantitative estimate of drug-likeness (QED) is 0.908. The molecule has 0 saturated heterocycles. The average molecular weight is 363 g/mol. The highest BCUT2D eigenvalue weighted by Gasteiger charge is 2.41. The van der Waals surface area contributed by atoms with Crippen LogP contribution in [0.5, 0.6) is 0 Å². The Labute approximate surface area is 147 Å². The number of hydrogen-bond acceptors (Lipinski definition) is 3. The second-order valence-corrected chi connectivity index (χ2v) is 9.89. The maximum atomic E-state index is 13.6. The van der Waals surface area contributed by atoms with Gasteiger partial charge in [0.25, 0.3) is 0 Å². The Morgan fingerprint density at radius 1 is 1.32 bits per heavy atom. The van der Waals surface area contributed by atoms with E-state index in [0.717, 1.165) is 36.9 Å². The van der Waals surface area contributed by atoms with Gasteiger partial charge in [-0.1, -0.05) is 19.9 Å². The van der Waals surface area contributed by atoms with Crippen molar-refractivity contribution in [1.82, 2.24) is 14.5 Å². The van der Waals surface area contributed by atoms with Crippen LogP contribution in [0, 0.1) is 11.2 Å². The first-order valence-electron chi connectivity index (χ1n) is 8.59. The monoisotopic (exact) mass is 363 g/mol. The third-order valence-corrected chi connectivity index (χ3v) is 6.96. The van der Waals surface area contributed by atoms with Gasteiger partial charge in [0.1, 0.15) is 5.82 Å². The molecule has 5 nitrogen and oxygen atoms in total. The predicted molar refractivity (Wildman–Crippen MR) is 93.4 cm³/mol. The molecule has 1 fully saturated rings. The molecule has 1 unspecified atom stereocenters. The highest BCUT2D eigenvalue weighted by molar-refractivity contribution is 7.90.